The SMILES string of the molecule is CCOC(=O)[C@@H]1[C@@H](c2ccc3c(c2)OCO3)CN(CC(=O)NCCOC)[C@H]1c1ccc(OC)cc1. The van der Waals surface area contributed by atoms with Gasteiger partial charge in [-0.2, -0.15) is 0 Å². The molecule has 9 nitrogen and oxygen atoms in total. The first-order chi connectivity index (χ1) is 17.0. The molecule has 0 aromatic heterocycles. The summed E-state index contributed by atoms with van der Waals surface area (Å²) in [6, 6.07) is 13.0. The molecule has 1 saturated heterocycles. The summed E-state index contributed by atoms with van der Waals surface area (Å²) < 4.78 is 26.9. The van der Waals surface area contributed by atoms with Crippen molar-refractivity contribution in [3.63, 3.8) is 0 Å². The van der Waals surface area contributed by atoms with Crippen LogP contribution in [0, 0.1) is 5.92 Å². The lowest BCUT2D eigenvalue weighted by Crippen LogP contribution is -2.39. The predicted molar refractivity (Wildman–Crippen MR) is 128 cm³/mol. The van der Waals surface area contributed by atoms with Crippen LogP contribution < -0.4 is 19.5 Å². The smallest absolute Gasteiger partial charge is 0.311 e. The first-order valence-electron chi connectivity index (χ1n) is 11.8. The average molecular weight is 485 g/mol. The first kappa shape index (κ1) is 24.8. The molecule has 2 aliphatic rings. The van der Waals surface area contributed by atoms with Crippen LogP contribution in [0.2, 0.25) is 0 Å². The predicted octanol–water partition coefficient (Wildman–Crippen LogP) is 2.51. The number of esters is 1. The zero-order valence-electron chi connectivity index (χ0n) is 20.3. The van der Waals surface area contributed by atoms with E-state index >= 15 is 0 Å². The Morgan fingerprint density at radius 2 is 1.80 bits per heavy atom. The number of likely N-dealkylation sites (tertiary alicyclic amines) is 1. The van der Waals surface area contributed by atoms with Crippen molar-refractivity contribution in [3.8, 4) is 17.2 Å². The number of fused-ring (bicyclic) bond motifs is 1. The van der Waals surface area contributed by atoms with E-state index < -0.39 is 5.92 Å². The van der Waals surface area contributed by atoms with Crippen LogP contribution in [0.25, 0.3) is 0 Å². The topological polar surface area (TPSA) is 95.6 Å². The van der Waals surface area contributed by atoms with Gasteiger partial charge in [-0.1, -0.05) is 18.2 Å². The molecule has 1 amide bonds. The van der Waals surface area contributed by atoms with Gasteiger partial charge < -0.3 is 29.0 Å². The first-order valence-corrected chi connectivity index (χ1v) is 11.8. The Bertz CT molecular complexity index is 1030. The van der Waals surface area contributed by atoms with Crippen molar-refractivity contribution in [2.24, 2.45) is 5.92 Å². The third kappa shape index (κ3) is 5.52. The van der Waals surface area contributed by atoms with Crippen molar-refractivity contribution in [2.75, 3.05) is 53.9 Å². The van der Waals surface area contributed by atoms with Gasteiger partial charge in [-0.15, -0.1) is 0 Å². The number of carbonyl (C=O) groups is 2. The lowest BCUT2D eigenvalue weighted by atomic mass is 9.82. The summed E-state index contributed by atoms with van der Waals surface area (Å²) in [5.41, 5.74) is 1.85. The molecule has 0 aliphatic carbocycles. The minimum Gasteiger partial charge on any atom is -0.497 e. The monoisotopic (exact) mass is 484 g/mol. The number of carbonyl (C=O) groups excluding carboxylic acids is 2. The van der Waals surface area contributed by atoms with Crippen molar-refractivity contribution in [1.82, 2.24) is 10.2 Å². The van der Waals surface area contributed by atoms with Gasteiger partial charge >= 0.3 is 5.97 Å². The van der Waals surface area contributed by atoms with Crippen LogP contribution in [0.4, 0.5) is 0 Å². The van der Waals surface area contributed by atoms with Crippen LogP contribution in [0.1, 0.15) is 30.0 Å². The Morgan fingerprint density at radius 1 is 1.06 bits per heavy atom. The van der Waals surface area contributed by atoms with Crippen LogP contribution in [0.3, 0.4) is 0 Å². The van der Waals surface area contributed by atoms with Gasteiger partial charge in [0.25, 0.3) is 0 Å². The molecule has 1 N–H and O–H groups in total. The Labute approximate surface area is 205 Å². The maximum Gasteiger partial charge on any atom is 0.311 e. The second-order valence-corrected chi connectivity index (χ2v) is 8.49. The van der Waals surface area contributed by atoms with Crippen molar-refractivity contribution >= 4 is 11.9 Å². The van der Waals surface area contributed by atoms with E-state index in [0.29, 0.717) is 31.2 Å². The van der Waals surface area contributed by atoms with Crippen molar-refractivity contribution < 1.29 is 33.3 Å². The number of methoxy groups -OCH3 is 2. The van der Waals surface area contributed by atoms with Gasteiger partial charge in [-0.05, 0) is 42.3 Å². The average Bonchev–Trinajstić information content (AvgIpc) is 3.48. The molecule has 0 spiro atoms. The van der Waals surface area contributed by atoms with E-state index in [0.717, 1.165) is 16.9 Å². The summed E-state index contributed by atoms with van der Waals surface area (Å²) in [4.78, 5) is 28.2. The summed E-state index contributed by atoms with van der Waals surface area (Å²) in [6.45, 7) is 3.73. The van der Waals surface area contributed by atoms with E-state index in [-0.39, 0.29) is 43.8 Å². The highest BCUT2D eigenvalue weighted by molar-refractivity contribution is 5.79. The fourth-order valence-electron chi connectivity index (χ4n) is 4.83. The number of hydrogen-bond donors (Lipinski definition) is 1. The molecule has 3 atom stereocenters. The zero-order valence-corrected chi connectivity index (χ0v) is 20.3. The van der Waals surface area contributed by atoms with E-state index in [2.05, 4.69) is 5.32 Å². The minimum absolute atomic E-state index is 0.130. The second kappa shape index (κ2) is 11.4. The third-order valence-corrected chi connectivity index (χ3v) is 6.41. The standard InChI is InChI=1S/C26H32N2O7/c1-4-33-26(30)24-20(18-7-10-21-22(13-18)35-16-34-21)14-28(15-23(29)27-11-12-31-2)25(24)17-5-8-19(32-3)9-6-17/h5-10,13,20,24-25H,4,11-12,14-16H2,1-3H3,(H,27,29)/t20-,24-,25+/m1/s1. The van der Waals surface area contributed by atoms with E-state index in [1.807, 2.05) is 47.4 Å². The summed E-state index contributed by atoms with van der Waals surface area (Å²) in [5.74, 6) is 0.906. The normalized spacial score (nSPS) is 21.1. The highest BCUT2D eigenvalue weighted by Crippen LogP contribution is 2.48. The van der Waals surface area contributed by atoms with Crippen LogP contribution in [0.5, 0.6) is 17.2 Å². The fourth-order valence-corrected chi connectivity index (χ4v) is 4.83. The number of nitrogens with zero attached hydrogens (tertiary/aromatic N) is 1. The van der Waals surface area contributed by atoms with E-state index in [9.17, 15) is 9.59 Å². The molecule has 2 heterocycles. The van der Waals surface area contributed by atoms with E-state index in [1.54, 1.807) is 21.1 Å². The molecule has 35 heavy (non-hydrogen) atoms. The van der Waals surface area contributed by atoms with E-state index in [4.69, 9.17) is 23.7 Å². The molecule has 1 fully saturated rings. The van der Waals surface area contributed by atoms with Crippen LogP contribution in [0.15, 0.2) is 42.5 Å². The fraction of sp³-hybridized carbons (Fsp3) is 0.462. The van der Waals surface area contributed by atoms with Crippen molar-refractivity contribution in [3.05, 3.63) is 53.6 Å². The molecule has 2 aromatic carbocycles. The Kier molecular flexibility index (Phi) is 8.09. The second-order valence-electron chi connectivity index (χ2n) is 8.49. The summed E-state index contributed by atoms with van der Waals surface area (Å²) in [7, 11) is 3.20. The van der Waals surface area contributed by atoms with E-state index in [1.165, 1.54) is 0 Å². The van der Waals surface area contributed by atoms with Crippen molar-refractivity contribution in [2.45, 2.75) is 18.9 Å². The highest BCUT2D eigenvalue weighted by atomic mass is 16.7. The molecule has 4 rings (SSSR count). The summed E-state index contributed by atoms with van der Waals surface area (Å²) in [6.07, 6.45) is 0. The molecule has 188 valence electrons. The molecule has 0 unspecified atom stereocenters. The Balaban J connectivity index is 1.70. The maximum atomic E-state index is 13.4. The number of nitrogens with one attached hydrogen (secondary N) is 1. The van der Waals surface area contributed by atoms with Gasteiger partial charge in [0.15, 0.2) is 11.5 Å². The van der Waals surface area contributed by atoms with Gasteiger partial charge in [0.2, 0.25) is 12.7 Å². The lowest BCUT2D eigenvalue weighted by Gasteiger charge is -2.28. The number of hydrogen-bond acceptors (Lipinski definition) is 8. The molecular weight excluding hydrogens is 452 g/mol. The zero-order chi connectivity index (χ0) is 24.8. The quantitative estimate of drug-likeness (QED) is 0.406. The number of benzene rings is 2. The minimum atomic E-state index is -0.518. The Morgan fingerprint density at radius 3 is 2.51 bits per heavy atom. The third-order valence-electron chi connectivity index (χ3n) is 6.41. The van der Waals surface area contributed by atoms with Gasteiger partial charge in [0.05, 0.1) is 32.8 Å². The molecule has 2 aromatic rings. The van der Waals surface area contributed by atoms with Crippen LogP contribution >= 0.6 is 0 Å². The summed E-state index contributed by atoms with van der Waals surface area (Å²) >= 11 is 0. The summed E-state index contributed by atoms with van der Waals surface area (Å²) in [5, 5.41) is 2.88. The largest absolute Gasteiger partial charge is 0.497 e. The van der Waals surface area contributed by atoms with Crippen molar-refractivity contribution in [1.29, 1.82) is 0 Å². The van der Waals surface area contributed by atoms with Gasteiger partial charge in [-0.3, -0.25) is 14.5 Å². The van der Waals surface area contributed by atoms with Crippen LogP contribution in [-0.4, -0.2) is 70.6 Å². The van der Waals surface area contributed by atoms with Gasteiger partial charge in [-0.25, -0.2) is 0 Å². The molecule has 0 radical (unpaired) electrons. The molecule has 9 heteroatoms. The van der Waals surface area contributed by atoms with Crippen LogP contribution in [-0.2, 0) is 19.1 Å². The number of rotatable bonds is 10. The van der Waals surface area contributed by atoms with Gasteiger partial charge in [0, 0.05) is 32.2 Å². The molecular formula is C26H32N2O7. The molecule has 0 bridgehead atoms. The number of ether oxygens (including phenoxy) is 5. The maximum absolute atomic E-state index is 13.4. The number of amides is 1. The van der Waals surface area contributed by atoms with Gasteiger partial charge in [0.1, 0.15) is 5.75 Å². The molecule has 0 saturated carbocycles. The lowest BCUT2D eigenvalue weighted by molar-refractivity contribution is -0.149. The molecule has 2 aliphatic heterocycles. The highest BCUT2D eigenvalue weighted by Gasteiger charge is 2.48. The Hall–Kier alpha value is -3.30.